The van der Waals surface area contributed by atoms with E-state index in [2.05, 4.69) is 53.8 Å². The summed E-state index contributed by atoms with van der Waals surface area (Å²) in [4.78, 5) is 4.35. The predicted molar refractivity (Wildman–Crippen MR) is 82.3 cm³/mol. The lowest BCUT2D eigenvalue weighted by atomic mass is 9.96. The molecule has 2 rings (SSSR count). The highest BCUT2D eigenvalue weighted by atomic mass is 79.9. The zero-order chi connectivity index (χ0) is 13.3. The summed E-state index contributed by atoms with van der Waals surface area (Å²) < 4.78 is 1.06. The summed E-state index contributed by atoms with van der Waals surface area (Å²) in [6.07, 6.45) is 1.94. The van der Waals surface area contributed by atoms with Gasteiger partial charge in [-0.05, 0) is 66.2 Å². The Bertz CT molecular complexity index is 552. The van der Waals surface area contributed by atoms with Gasteiger partial charge < -0.3 is 5.73 Å². The molecule has 0 radical (unpaired) electrons. The van der Waals surface area contributed by atoms with Gasteiger partial charge in [-0.2, -0.15) is 0 Å². The Labute approximate surface area is 120 Å². The maximum absolute atomic E-state index is 5.71. The van der Waals surface area contributed by atoms with Crippen molar-refractivity contribution in [1.29, 1.82) is 0 Å². The van der Waals surface area contributed by atoms with E-state index in [0.717, 1.165) is 22.3 Å². The van der Waals surface area contributed by atoms with Crippen LogP contribution in [0.5, 0.6) is 0 Å². The van der Waals surface area contributed by atoms with Crippen LogP contribution in [-0.4, -0.2) is 4.98 Å². The molecule has 2 nitrogen and oxygen atoms in total. The number of aryl methyl sites for hydroxylation is 4. The average Bonchev–Trinajstić information content (AvgIpc) is 2.55. The second kappa shape index (κ2) is 5.41. The molecule has 0 unspecified atom stereocenters. The largest absolute Gasteiger partial charge is 0.375 e. The third kappa shape index (κ3) is 2.93. The number of nitrogens with two attached hydrogens (primary N) is 1. The van der Waals surface area contributed by atoms with Crippen LogP contribution >= 0.6 is 27.3 Å². The number of halogens is 1. The zero-order valence-corrected chi connectivity index (χ0v) is 13.3. The van der Waals surface area contributed by atoms with Crippen LogP contribution in [0.15, 0.2) is 15.9 Å². The van der Waals surface area contributed by atoms with E-state index in [1.807, 2.05) is 0 Å². The number of anilines is 1. The van der Waals surface area contributed by atoms with Gasteiger partial charge in [0.15, 0.2) is 5.13 Å². The summed E-state index contributed by atoms with van der Waals surface area (Å²) in [5.41, 5.74) is 12.3. The number of benzene rings is 1. The van der Waals surface area contributed by atoms with Crippen molar-refractivity contribution in [1.82, 2.24) is 4.98 Å². The van der Waals surface area contributed by atoms with Crippen LogP contribution < -0.4 is 5.73 Å². The van der Waals surface area contributed by atoms with E-state index in [1.165, 1.54) is 33.6 Å². The van der Waals surface area contributed by atoms with Crippen LogP contribution in [0.3, 0.4) is 0 Å². The lowest BCUT2D eigenvalue weighted by Crippen LogP contribution is -1.99. The van der Waals surface area contributed by atoms with E-state index in [-0.39, 0.29) is 0 Å². The first-order valence-corrected chi connectivity index (χ1v) is 7.55. The number of aromatic nitrogens is 1. The molecule has 2 aromatic rings. The number of thiazole rings is 1. The van der Waals surface area contributed by atoms with Gasteiger partial charge >= 0.3 is 0 Å². The zero-order valence-electron chi connectivity index (χ0n) is 10.9. The van der Waals surface area contributed by atoms with E-state index >= 15 is 0 Å². The van der Waals surface area contributed by atoms with E-state index in [1.54, 1.807) is 0 Å². The number of nitrogen functional groups attached to an aromatic ring is 1. The van der Waals surface area contributed by atoms with Crippen molar-refractivity contribution in [2.45, 2.75) is 33.6 Å². The first-order valence-electron chi connectivity index (χ1n) is 5.94. The van der Waals surface area contributed by atoms with Crippen LogP contribution in [0.25, 0.3) is 0 Å². The summed E-state index contributed by atoms with van der Waals surface area (Å²) in [5.74, 6) is 0. The van der Waals surface area contributed by atoms with E-state index < -0.39 is 0 Å². The van der Waals surface area contributed by atoms with Crippen molar-refractivity contribution in [2.75, 3.05) is 5.73 Å². The maximum atomic E-state index is 5.71. The minimum atomic E-state index is 0.634. The summed E-state index contributed by atoms with van der Waals surface area (Å²) in [5, 5.41) is 0.634. The quantitative estimate of drug-likeness (QED) is 0.918. The number of rotatable bonds is 3. The fraction of sp³-hybridized carbons (Fsp3) is 0.357. The molecule has 0 saturated heterocycles. The number of hydrogen-bond donors (Lipinski definition) is 1. The van der Waals surface area contributed by atoms with Gasteiger partial charge in [0.1, 0.15) is 0 Å². The minimum absolute atomic E-state index is 0.634. The van der Waals surface area contributed by atoms with Crippen LogP contribution in [0.4, 0.5) is 5.13 Å². The lowest BCUT2D eigenvalue weighted by molar-refractivity contribution is 0.904. The second-order valence-corrected chi connectivity index (χ2v) is 7.00. The highest BCUT2D eigenvalue weighted by molar-refractivity contribution is 9.11. The molecule has 18 heavy (non-hydrogen) atoms. The highest BCUT2D eigenvalue weighted by Gasteiger charge is 2.09. The molecule has 0 aliphatic heterocycles. The third-order valence-electron chi connectivity index (χ3n) is 3.12. The third-order valence-corrected chi connectivity index (χ3v) is 4.78. The van der Waals surface area contributed by atoms with Crippen molar-refractivity contribution in [3.05, 3.63) is 43.9 Å². The van der Waals surface area contributed by atoms with Crippen LogP contribution in [0.2, 0.25) is 0 Å². The van der Waals surface area contributed by atoms with Crippen molar-refractivity contribution in [3.63, 3.8) is 0 Å². The summed E-state index contributed by atoms with van der Waals surface area (Å²) in [6.45, 7) is 6.50. The summed E-state index contributed by atoms with van der Waals surface area (Å²) in [7, 11) is 0. The fourth-order valence-electron chi connectivity index (χ4n) is 2.35. The molecule has 0 bridgehead atoms. The Morgan fingerprint density at radius 2 is 1.78 bits per heavy atom. The van der Waals surface area contributed by atoms with Gasteiger partial charge in [0, 0.05) is 0 Å². The normalized spacial score (nSPS) is 10.9. The van der Waals surface area contributed by atoms with Crippen molar-refractivity contribution < 1.29 is 0 Å². The molecule has 0 aliphatic rings. The summed E-state index contributed by atoms with van der Waals surface area (Å²) in [6, 6.07) is 4.49. The molecule has 1 heterocycles. The fourth-order valence-corrected chi connectivity index (χ4v) is 3.74. The molecule has 1 aromatic carbocycles. The Hall–Kier alpha value is -0.870. The van der Waals surface area contributed by atoms with Gasteiger partial charge in [0.2, 0.25) is 0 Å². The highest BCUT2D eigenvalue weighted by Crippen LogP contribution is 2.28. The van der Waals surface area contributed by atoms with Crippen molar-refractivity contribution >= 4 is 32.4 Å². The van der Waals surface area contributed by atoms with E-state index in [9.17, 15) is 0 Å². The smallest absolute Gasteiger partial charge is 0.181 e. The number of nitrogens with zero attached hydrogens (tertiary/aromatic N) is 1. The molecule has 1 aromatic heterocycles. The SMILES string of the molecule is Cc1cc(C)c(CCc2nc(N)sc2Br)c(C)c1. The molecule has 0 fully saturated rings. The minimum Gasteiger partial charge on any atom is -0.375 e. The molecule has 4 heteroatoms. The molecule has 0 aliphatic carbocycles. The summed E-state index contributed by atoms with van der Waals surface area (Å²) >= 11 is 5.01. The predicted octanol–water partition coefficient (Wildman–Crippen LogP) is 4.20. The standard InChI is InChI=1S/C14H17BrN2S/c1-8-6-9(2)11(10(3)7-8)4-5-12-13(15)18-14(16)17-12/h6-7H,4-5H2,1-3H3,(H2,16,17). The van der Waals surface area contributed by atoms with Crippen LogP contribution in [-0.2, 0) is 12.8 Å². The second-order valence-electron chi connectivity index (χ2n) is 4.65. The van der Waals surface area contributed by atoms with Gasteiger partial charge in [-0.1, -0.05) is 29.0 Å². The average molecular weight is 325 g/mol. The first kappa shape index (κ1) is 13.6. The Morgan fingerprint density at radius 3 is 2.28 bits per heavy atom. The molecule has 0 saturated carbocycles. The molecule has 0 amide bonds. The van der Waals surface area contributed by atoms with Gasteiger partial charge in [0.05, 0.1) is 9.48 Å². The van der Waals surface area contributed by atoms with Gasteiger partial charge in [-0.3, -0.25) is 0 Å². The Kier molecular flexibility index (Phi) is 4.07. The van der Waals surface area contributed by atoms with Gasteiger partial charge in [0.25, 0.3) is 0 Å². The van der Waals surface area contributed by atoms with Gasteiger partial charge in [-0.15, -0.1) is 0 Å². The number of hydrogen-bond acceptors (Lipinski definition) is 3. The van der Waals surface area contributed by atoms with E-state index in [4.69, 9.17) is 5.73 Å². The first-order chi connectivity index (χ1) is 8.47. The molecule has 0 spiro atoms. The maximum Gasteiger partial charge on any atom is 0.181 e. The Morgan fingerprint density at radius 1 is 1.17 bits per heavy atom. The topological polar surface area (TPSA) is 38.9 Å². The van der Waals surface area contributed by atoms with Crippen LogP contribution in [0, 0.1) is 20.8 Å². The van der Waals surface area contributed by atoms with Crippen molar-refractivity contribution in [3.8, 4) is 0 Å². The van der Waals surface area contributed by atoms with Crippen molar-refractivity contribution in [2.24, 2.45) is 0 Å². The lowest BCUT2D eigenvalue weighted by Gasteiger charge is -2.10. The molecule has 2 N–H and O–H groups in total. The van der Waals surface area contributed by atoms with Crippen LogP contribution in [0.1, 0.15) is 27.9 Å². The molecular weight excluding hydrogens is 308 g/mol. The molecule has 96 valence electrons. The monoisotopic (exact) mass is 324 g/mol. The molecule has 0 atom stereocenters. The van der Waals surface area contributed by atoms with E-state index in [0.29, 0.717) is 5.13 Å². The molecular formula is C14H17BrN2S. The van der Waals surface area contributed by atoms with Gasteiger partial charge in [-0.25, -0.2) is 4.98 Å². The Balaban J connectivity index is 2.18.